The zero-order chi connectivity index (χ0) is 26.6. The van der Waals surface area contributed by atoms with Gasteiger partial charge < -0.3 is 9.26 Å². The summed E-state index contributed by atoms with van der Waals surface area (Å²) in [5, 5.41) is 1.24. The van der Waals surface area contributed by atoms with Crippen molar-refractivity contribution in [1.82, 2.24) is 4.72 Å². The van der Waals surface area contributed by atoms with Crippen molar-refractivity contribution in [2.75, 3.05) is 7.11 Å². The highest BCUT2D eigenvalue weighted by molar-refractivity contribution is 7.89. The Morgan fingerprint density at radius 1 is 0.865 bits per heavy atom. The van der Waals surface area contributed by atoms with E-state index >= 15 is 0 Å². The summed E-state index contributed by atoms with van der Waals surface area (Å²) in [5.74, 6) is 0.653. The van der Waals surface area contributed by atoms with Crippen molar-refractivity contribution < 1.29 is 22.2 Å². The van der Waals surface area contributed by atoms with Crippen LogP contribution in [0.5, 0.6) is 11.5 Å². The molecule has 0 amide bonds. The Bertz CT molecular complexity index is 1540. The van der Waals surface area contributed by atoms with E-state index in [-0.39, 0.29) is 10.6 Å². The van der Waals surface area contributed by atoms with Gasteiger partial charge in [-0.25, -0.2) is 13.1 Å². The van der Waals surface area contributed by atoms with Gasteiger partial charge in [0.05, 0.1) is 22.6 Å². The molecule has 0 aliphatic carbocycles. The fourth-order valence-electron chi connectivity index (χ4n) is 3.90. The van der Waals surface area contributed by atoms with Gasteiger partial charge in [-0.2, -0.15) is 0 Å². The summed E-state index contributed by atoms with van der Waals surface area (Å²) in [6.45, 7) is 3.57. The normalized spacial score (nSPS) is 13.9. The van der Waals surface area contributed by atoms with Gasteiger partial charge in [-0.15, -0.1) is 0 Å². The van der Waals surface area contributed by atoms with Crippen LogP contribution in [0.25, 0.3) is 0 Å². The van der Waals surface area contributed by atoms with Crippen LogP contribution in [-0.2, 0) is 14.6 Å². The highest BCUT2D eigenvalue weighted by atomic mass is 35.5. The van der Waals surface area contributed by atoms with Gasteiger partial charge in [0.25, 0.3) is 0 Å². The number of ether oxygens (including phenoxy) is 1. The lowest BCUT2D eigenvalue weighted by Gasteiger charge is -2.25. The molecule has 0 saturated heterocycles. The number of rotatable bonds is 9. The lowest BCUT2D eigenvalue weighted by atomic mass is 10.1. The fourth-order valence-corrected chi connectivity index (χ4v) is 7.53. The van der Waals surface area contributed by atoms with Gasteiger partial charge in [0, 0.05) is 16.6 Å². The molecule has 0 aliphatic heterocycles. The maximum absolute atomic E-state index is 14.7. The molecule has 4 aromatic rings. The standard InChI is InChI=1S/C28H27ClNO5PS/c1-20-13-16-24(17-14-20)37(32,33)30-21(2)25-19-22(29)15-18-26(25)35-36(31,23-9-5-4-6-10-23)28-12-8-7-11-27(28)34-3/h4-19,21,30H,1-3H3/t21-,36?/m0/s1. The molecule has 0 fully saturated rings. The molecule has 0 aliphatic rings. The molecule has 2 atom stereocenters. The summed E-state index contributed by atoms with van der Waals surface area (Å²) in [7, 11) is -6.09. The molecule has 0 radical (unpaired) electrons. The van der Waals surface area contributed by atoms with Crippen LogP contribution in [-0.4, -0.2) is 15.5 Å². The second-order valence-electron chi connectivity index (χ2n) is 8.49. The van der Waals surface area contributed by atoms with Crippen LogP contribution in [0.3, 0.4) is 0 Å². The van der Waals surface area contributed by atoms with E-state index in [0.717, 1.165) is 5.56 Å². The summed E-state index contributed by atoms with van der Waals surface area (Å²) in [6, 6.07) is 26.4. The molecule has 1 unspecified atom stereocenters. The van der Waals surface area contributed by atoms with Crippen LogP contribution in [0.1, 0.15) is 24.1 Å². The van der Waals surface area contributed by atoms with Crippen molar-refractivity contribution in [1.29, 1.82) is 0 Å². The molecule has 4 rings (SSSR count). The molecule has 0 spiro atoms. The monoisotopic (exact) mass is 555 g/mol. The minimum absolute atomic E-state index is 0.137. The van der Waals surface area contributed by atoms with Crippen LogP contribution >= 0.6 is 19.0 Å². The quantitative estimate of drug-likeness (QED) is 0.256. The Morgan fingerprint density at radius 2 is 1.51 bits per heavy atom. The van der Waals surface area contributed by atoms with Crippen molar-refractivity contribution in [2.45, 2.75) is 24.8 Å². The molecule has 0 bridgehead atoms. The van der Waals surface area contributed by atoms with Crippen LogP contribution < -0.4 is 24.6 Å². The molecule has 6 nitrogen and oxygen atoms in total. The molecule has 1 N–H and O–H groups in total. The third-order valence-corrected chi connectivity index (χ3v) is 10.1. The fraction of sp³-hybridized carbons (Fsp3) is 0.143. The maximum atomic E-state index is 14.7. The first-order valence-corrected chi connectivity index (χ1v) is 15.0. The zero-order valence-electron chi connectivity index (χ0n) is 20.6. The second kappa shape index (κ2) is 11.1. The molecule has 0 aromatic heterocycles. The second-order valence-corrected chi connectivity index (χ2v) is 12.9. The minimum Gasteiger partial charge on any atom is -0.496 e. The molecule has 9 heteroatoms. The first-order valence-electron chi connectivity index (χ1n) is 11.5. The van der Waals surface area contributed by atoms with E-state index in [2.05, 4.69) is 4.72 Å². The van der Waals surface area contributed by atoms with Gasteiger partial charge in [0.2, 0.25) is 10.0 Å². The van der Waals surface area contributed by atoms with Crippen LogP contribution in [0.15, 0.2) is 102 Å². The minimum atomic E-state index is -3.85. The predicted octanol–water partition coefficient (Wildman–Crippen LogP) is 6.00. The third-order valence-electron chi connectivity index (χ3n) is 5.83. The van der Waals surface area contributed by atoms with Gasteiger partial charge in [-0.3, -0.25) is 4.57 Å². The van der Waals surface area contributed by atoms with Crippen LogP contribution in [0.2, 0.25) is 5.02 Å². The topological polar surface area (TPSA) is 81.7 Å². The van der Waals surface area contributed by atoms with Crippen molar-refractivity contribution in [2.24, 2.45) is 0 Å². The van der Waals surface area contributed by atoms with E-state index in [9.17, 15) is 13.0 Å². The van der Waals surface area contributed by atoms with E-state index in [1.165, 1.54) is 7.11 Å². The number of para-hydroxylation sites is 1. The van der Waals surface area contributed by atoms with E-state index < -0.39 is 23.4 Å². The number of halogens is 1. The highest BCUT2D eigenvalue weighted by Gasteiger charge is 2.34. The Labute approximate surface area is 222 Å². The third kappa shape index (κ3) is 5.91. The van der Waals surface area contributed by atoms with Crippen molar-refractivity contribution in [3.63, 3.8) is 0 Å². The summed E-state index contributed by atoms with van der Waals surface area (Å²) in [5.41, 5.74) is 1.39. The number of hydrogen-bond donors (Lipinski definition) is 1. The van der Waals surface area contributed by atoms with E-state index in [1.807, 2.05) is 13.0 Å². The maximum Gasteiger partial charge on any atom is 0.310 e. The Balaban J connectivity index is 1.78. The number of benzene rings is 4. The number of methoxy groups -OCH3 is 1. The summed E-state index contributed by atoms with van der Waals surface area (Å²) < 4.78 is 55.4. The van der Waals surface area contributed by atoms with E-state index in [4.69, 9.17) is 20.9 Å². The van der Waals surface area contributed by atoms with Crippen molar-refractivity contribution in [3.8, 4) is 11.5 Å². The number of aryl methyl sites for hydroxylation is 1. The van der Waals surface area contributed by atoms with Crippen molar-refractivity contribution >= 4 is 39.6 Å². The SMILES string of the molecule is COc1ccccc1P(=O)(Oc1ccc(Cl)cc1[C@H](C)NS(=O)(=O)c1ccc(C)cc1)c1ccccc1. The molecular weight excluding hydrogens is 529 g/mol. The molecular formula is C28H27ClNO5PS. The van der Waals surface area contributed by atoms with Crippen molar-refractivity contribution in [3.05, 3.63) is 113 Å². The average molecular weight is 556 g/mol. The first-order chi connectivity index (χ1) is 17.6. The smallest absolute Gasteiger partial charge is 0.310 e. The average Bonchev–Trinajstić information content (AvgIpc) is 2.90. The van der Waals surface area contributed by atoms with Crippen LogP contribution in [0.4, 0.5) is 0 Å². The van der Waals surface area contributed by atoms with Gasteiger partial charge in [0.15, 0.2) is 0 Å². The van der Waals surface area contributed by atoms with Gasteiger partial charge in [-0.1, -0.05) is 59.6 Å². The van der Waals surface area contributed by atoms with Gasteiger partial charge in [-0.05, 0) is 68.4 Å². The molecule has 4 aromatic carbocycles. The summed E-state index contributed by atoms with van der Waals surface area (Å²) in [4.78, 5) is 0.137. The molecule has 192 valence electrons. The molecule has 0 saturated carbocycles. The largest absolute Gasteiger partial charge is 0.496 e. The van der Waals surface area contributed by atoms with Gasteiger partial charge >= 0.3 is 7.37 Å². The first kappa shape index (κ1) is 27.0. The number of nitrogens with one attached hydrogen (secondary N) is 1. The van der Waals surface area contributed by atoms with E-state index in [1.54, 1.807) is 97.9 Å². The predicted molar refractivity (Wildman–Crippen MR) is 148 cm³/mol. The highest BCUT2D eigenvalue weighted by Crippen LogP contribution is 2.49. The lowest BCUT2D eigenvalue weighted by Crippen LogP contribution is -2.28. The number of sulfonamides is 1. The molecule has 0 heterocycles. The Morgan fingerprint density at radius 3 is 2.19 bits per heavy atom. The lowest BCUT2D eigenvalue weighted by molar-refractivity contribution is 0.416. The zero-order valence-corrected chi connectivity index (χ0v) is 23.1. The number of hydrogen-bond acceptors (Lipinski definition) is 5. The van der Waals surface area contributed by atoms with Crippen LogP contribution in [0, 0.1) is 6.92 Å². The Hall–Kier alpha value is -3.09. The molecule has 37 heavy (non-hydrogen) atoms. The summed E-state index contributed by atoms with van der Waals surface area (Å²) >= 11 is 6.30. The summed E-state index contributed by atoms with van der Waals surface area (Å²) in [6.07, 6.45) is 0. The van der Waals surface area contributed by atoms with Gasteiger partial charge in [0.1, 0.15) is 11.5 Å². The van der Waals surface area contributed by atoms with E-state index in [0.29, 0.717) is 26.9 Å². The Kier molecular flexibility index (Phi) is 8.10.